The van der Waals surface area contributed by atoms with E-state index in [1.54, 1.807) is 0 Å². The van der Waals surface area contributed by atoms with E-state index in [1.807, 2.05) is 14.0 Å². The van der Waals surface area contributed by atoms with Crippen molar-refractivity contribution in [2.24, 2.45) is 5.92 Å². The number of hydrogen-bond acceptors (Lipinski definition) is 4. The first-order valence-corrected chi connectivity index (χ1v) is 5.34. The first kappa shape index (κ1) is 11.8. The molecule has 1 heterocycles. The number of anilines is 2. The van der Waals surface area contributed by atoms with Crippen LogP contribution < -0.4 is 10.6 Å². The molecule has 1 unspecified atom stereocenters. The maximum absolute atomic E-state index is 5.74. The fraction of sp³-hybridized carbons (Fsp3) is 0.636. The Hall–Kier alpha value is -1.32. The number of nitrogens with two attached hydrogens (primary N) is 1. The Balaban J connectivity index is 2.82. The van der Waals surface area contributed by atoms with Crippen molar-refractivity contribution in [3.05, 3.63) is 11.9 Å². The van der Waals surface area contributed by atoms with Gasteiger partial charge in [-0.05, 0) is 12.8 Å². The molecule has 0 fully saturated rings. The molecule has 1 rings (SSSR count). The lowest BCUT2D eigenvalue weighted by Crippen LogP contribution is -2.25. The van der Waals surface area contributed by atoms with Gasteiger partial charge in [0.25, 0.3) is 0 Å². The zero-order chi connectivity index (χ0) is 11.4. The molecule has 4 nitrogen and oxygen atoms in total. The normalized spacial score (nSPS) is 12.5. The van der Waals surface area contributed by atoms with Gasteiger partial charge in [0.05, 0.1) is 0 Å². The van der Waals surface area contributed by atoms with Crippen LogP contribution in [0.2, 0.25) is 0 Å². The monoisotopic (exact) mass is 208 g/mol. The van der Waals surface area contributed by atoms with Gasteiger partial charge < -0.3 is 10.6 Å². The Morgan fingerprint density at radius 3 is 2.73 bits per heavy atom. The van der Waals surface area contributed by atoms with Crippen LogP contribution in [0.5, 0.6) is 0 Å². The average molecular weight is 208 g/mol. The zero-order valence-electron chi connectivity index (χ0n) is 9.99. The topological polar surface area (TPSA) is 55.0 Å². The Morgan fingerprint density at radius 2 is 2.13 bits per heavy atom. The number of rotatable bonds is 4. The van der Waals surface area contributed by atoms with E-state index in [9.17, 15) is 0 Å². The van der Waals surface area contributed by atoms with Gasteiger partial charge in [-0.3, -0.25) is 0 Å². The number of hydrogen-bond donors (Lipinski definition) is 1. The maximum atomic E-state index is 5.74. The summed E-state index contributed by atoms with van der Waals surface area (Å²) in [5.41, 5.74) is 6.71. The Kier molecular flexibility index (Phi) is 3.88. The van der Waals surface area contributed by atoms with Crippen molar-refractivity contribution in [2.45, 2.75) is 27.2 Å². The highest BCUT2D eigenvalue weighted by Crippen LogP contribution is 2.19. The van der Waals surface area contributed by atoms with Crippen LogP contribution in [0.25, 0.3) is 0 Å². The van der Waals surface area contributed by atoms with E-state index in [2.05, 4.69) is 28.7 Å². The van der Waals surface area contributed by atoms with Crippen LogP contribution in [0.1, 0.15) is 25.8 Å². The highest BCUT2D eigenvalue weighted by molar-refractivity contribution is 5.55. The molecule has 1 atom stereocenters. The molecule has 0 saturated carbocycles. The Morgan fingerprint density at radius 1 is 1.47 bits per heavy atom. The third-order valence-corrected chi connectivity index (χ3v) is 2.74. The quantitative estimate of drug-likeness (QED) is 0.820. The molecule has 0 aromatic carbocycles. The standard InChI is InChI=1S/C11H20N4/c1-5-8(2)6-15(4)11-9(3)10(12)13-7-14-11/h7-8H,5-6H2,1-4H3,(H2,12,13,14). The highest BCUT2D eigenvalue weighted by Gasteiger charge is 2.11. The summed E-state index contributed by atoms with van der Waals surface area (Å²) in [6.45, 7) is 7.38. The summed E-state index contributed by atoms with van der Waals surface area (Å²) >= 11 is 0. The fourth-order valence-corrected chi connectivity index (χ4v) is 1.52. The third kappa shape index (κ3) is 2.81. The molecular formula is C11H20N4. The SMILES string of the molecule is CCC(C)CN(C)c1ncnc(N)c1C. The maximum Gasteiger partial charge on any atom is 0.136 e. The molecule has 2 N–H and O–H groups in total. The molecular weight excluding hydrogens is 188 g/mol. The molecule has 84 valence electrons. The lowest BCUT2D eigenvalue weighted by Gasteiger charge is -2.23. The van der Waals surface area contributed by atoms with Crippen molar-refractivity contribution in [1.82, 2.24) is 9.97 Å². The van der Waals surface area contributed by atoms with E-state index in [1.165, 1.54) is 12.7 Å². The molecule has 0 radical (unpaired) electrons. The summed E-state index contributed by atoms with van der Waals surface area (Å²) in [6.07, 6.45) is 2.69. The first-order chi connectivity index (χ1) is 7.06. The lowest BCUT2D eigenvalue weighted by atomic mass is 10.1. The van der Waals surface area contributed by atoms with Gasteiger partial charge in [0.2, 0.25) is 0 Å². The van der Waals surface area contributed by atoms with Gasteiger partial charge in [-0.1, -0.05) is 20.3 Å². The Labute approximate surface area is 91.5 Å². The van der Waals surface area contributed by atoms with Crippen LogP contribution in [-0.2, 0) is 0 Å². The molecule has 0 aliphatic heterocycles. The molecule has 4 heteroatoms. The second-order valence-electron chi connectivity index (χ2n) is 4.10. The fourth-order valence-electron chi connectivity index (χ4n) is 1.52. The summed E-state index contributed by atoms with van der Waals surface area (Å²) in [6, 6.07) is 0. The van der Waals surface area contributed by atoms with Gasteiger partial charge in [0, 0.05) is 19.2 Å². The largest absolute Gasteiger partial charge is 0.383 e. The highest BCUT2D eigenvalue weighted by atomic mass is 15.2. The smallest absolute Gasteiger partial charge is 0.136 e. The van der Waals surface area contributed by atoms with Crippen molar-refractivity contribution in [3.63, 3.8) is 0 Å². The summed E-state index contributed by atoms with van der Waals surface area (Å²) < 4.78 is 0. The van der Waals surface area contributed by atoms with E-state index < -0.39 is 0 Å². The minimum atomic E-state index is 0.566. The van der Waals surface area contributed by atoms with E-state index in [-0.39, 0.29) is 0 Å². The average Bonchev–Trinajstić information content (AvgIpc) is 2.21. The third-order valence-electron chi connectivity index (χ3n) is 2.74. The molecule has 1 aromatic heterocycles. The van der Waals surface area contributed by atoms with Crippen LogP contribution in [0.15, 0.2) is 6.33 Å². The predicted octanol–water partition coefficient (Wildman–Crippen LogP) is 1.85. The van der Waals surface area contributed by atoms with Gasteiger partial charge in [-0.15, -0.1) is 0 Å². The van der Waals surface area contributed by atoms with Crippen molar-refractivity contribution in [2.75, 3.05) is 24.2 Å². The second-order valence-corrected chi connectivity index (χ2v) is 4.10. The van der Waals surface area contributed by atoms with Gasteiger partial charge >= 0.3 is 0 Å². The predicted molar refractivity (Wildman–Crippen MR) is 63.9 cm³/mol. The molecule has 1 aromatic rings. The summed E-state index contributed by atoms with van der Waals surface area (Å²) in [5.74, 6) is 2.16. The van der Waals surface area contributed by atoms with Crippen LogP contribution >= 0.6 is 0 Å². The lowest BCUT2D eigenvalue weighted by molar-refractivity contribution is 0.557. The minimum Gasteiger partial charge on any atom is -0.383 e. The molecule has 0 spiro atoms. The van der Waals surface area contributed by atoms with Crippen LogP contribution in [0.3, 0.4) is 0 Å². The molecule has 0 saturated heterocycles. The van der Waals surface area contributed by atoms with Crippen LogP contribution in [-0.4, -0.2) is 23.6 Å². The van der Waals surface area contributed by atoms with Crippen molar-refractivity contribution < 1.29 is 0 Å². The molecule has 0 bridgehead atoms. The van der Waals surface area contributed by atoms with Gasteiger partial charge in [-0.2, -0.15) is 0 Å². The van der Waals surface area contributed by atoms with Crippen LogP contribution in [0, 0.1) is 12.8 Å². The first-order valence-electron chi connectivity index (χ1n) is 5.34. The number of nitrogen functional groups attached to an aromatic ring is 1. The van der Waals surface area contributed by atoms with Gasteiger partial charge in [0.15, 0.2) is 0 Å². The van der Waals surface area contributed by atoms with Crippen LogP contribution in [0.4, 0.5) is 11.6 Å². The molecule has 0 aliphatic carbocycles. The summed E-state index contributed by atoms with van der Waals surface area (Å²) in [7, 11) is 2.04. The summed E-state index contributed by atoms with van der Waals surface area (Å²) in [4.78, 5) is 10.4. The molecule has 0 aliphatic rings. The Bertz CT molecular complexity index is 324. The van der Waals surface area contributed by atoms with E-state index in [4.69, 9.17) is 5.73 Å². The van der Waals surface area contributed by atoms with Gasteiger partial charge in [0.1, 0.15) is 18.0 Å². The summed E-state index contributed by atoms with van der Waals surface area (Å²) in [5, 5.41) is 0. The van der Waals surface area contributed by atoms with Gasteiger partial charge in [-0.25, -0.2) is 9.97 Å². The van der Waals surface area contributed by atoms with Crippen molar-refractivity contribution in [1.29, 1.82) is 0 Å². The second kappa shape index (κ2) is 4.96. The van der Waals surface area contributed by atoms with Crippen molar-refractivity contribution in [3.8, 4) is 0 Å². The van der Waals surface area contributed by atoms with E-state index >= 15 is 0 Å². The van der Waals surface area contributed by atoms with Crippen molar-refractivity contribution >= 4 is 11.6 Å². The van der Waals surface area contributed by atoms with E-state index in [0.29, 0.717) is 11.7 Å². The minimum absolute atomic E-state index is 0.566. The molecule has 15 heavy (non-hydrogen) atoms. The number of nitrogens with zero attached hydrogens (tertiary/aromatic N) is 3. The zero-order valence-corrected chi connectivity index (χ0v) is 9.99. The molecule has 0 amide bonds. The number of aromatic nitrogens is 2. The van der Waals surface area contributed by atoms with E-state index in [0.717, 1.165) is 17.9 Å².